The Morgan fingerprint density at radius 2 is 2.03 bits per heavy atom. The molecule has 1 aliphatic heterocycles. The summed E-state index contributed by atoms with van der Waals surface area (Å²) in [5, 5.41) is 3.39. The molecule has 0 atom stereocenters. The van der Waals surface area contributed by atoms with Crippen molar-refractivity contribution in [1.29, 1.82) is 0 Å². The molecule has 0 radical (unpaired) electrons. The van der Waals surface area contributed by atoms with Gasteiger partial charge >= 0.3 is 0 Å². The molecule has 0 unspecified atom stereocenters. The van der Waals surface area contributed by atoms with Crippen molar-refractivity contribution >= 4 is 29.9 Å². The van der Waals surface area contributed by atoms with Crippen molar-refractivity contribution in [2.75, 3.05) is 40.5 Å². The fourth-order valence-electron chi connectivity index (χ4n) is 3.43. The molecule has 1 aromatic heterocycles. The van der Waals surface area contributed by atoms with Gasteiger partial charge in [0, 0.05) is 65.3 Å². The van der Waals surface area contributed by atoms with Crippen LogP contribution in [0.15, 0.2) is 47.6 Å². The van der Waals surface area contributed by atoms with Gasteiger partial charge in [-0.2, -0.15) is 0 Å². The first-order valence-corrected chi connectivity index (χ1v) is 10.6. The third-order valence-electron chi connectivity index (χ3n) is 5.07. The first kappa shape index (κ1) is 26.3. The Balaban J connectivity index is 0.00000363. The van der Waals surface area contributed by atoms with Crippen molar-refractivity contribution in [2.45, 2.75) is 31.9 Å². The lowest BCUT2D eigenvalue weighted by Crippen LogP contribution is -2.46. The van der Waals surface area contributed by atoms with Crippen molar-refractivity contribution in [3.05, 3.63) is 54.0 Å². The summed E-state index contributed by atoms with van der Waals surface area (Å²) in [4.78, 5) is 11.0. The summed E-state index contributed by atoms with van der Waals surface area (Å²) in [6.45, 7) is 3.91. The van der Waals surface area contributed by atoms with Crippen LogP contribution in [-0.2, 0) is 16.0 Å². The van der Waals surface area contributed by atoms with Crippen LogP contribution in [0, 0.1) is 5.82 Å². The van der Waals surface area contributed by atoms with Gasteiger partial charge in [-0.15, -0.1) is 24.0 Å². The molecule has 32 heavy (non-hydrogen) atoms. The lowest BCUT2D eigenvalue weighted by Gasteiger charge is -2.34. The zero-order chi connectivity index (χ0) is 21.9. The fraction of sp³-hybridized carbons (Fsp3) is 0.478. The Morgan fingerprint density at radius 3 is 2.69 bits per heavy atom. The Bertz CT molecular complexity index is 830. The number of nitrogens with one attached hydrogen (secondary N) is 1. The molecule has 0 bridgehead atoms. The number of rotatable bonds is 9. The van der Waals surface area contributed by atoms with Crippen LogP contribution in [0.2, 0.25) is 0 Å². The number of hydrogen-bond acceptors (Lipinski definition) is 5. The van der Waals surface area contributed by atoms with Crippen LogP contribution in [0.25, 0.3) is 0 Å². The first-order chi connectivity index (χ1) is 15.2. The number of methoxy groups -OCH3 is 1. The number of likely N-dealkylation sites (tertiary alicyclic amines) is 1. The molecular formula is C23H32FIN4O3. The number of ether oxygens (including phenoxy) is 3. The van der Waals surface area contributed by atoms with E-state index < -0.39 is 0 Å². The Hall–Kier alpha value is -1.98. The second kappa shape index (κ2) is 14.2. The average Bonchev–Trinajstić information content (AvgIpc) is 2.79. The highest BCUT2D eigenvalue weighted by molar-refractivity contribution is 14.0. The largest absolute Gasteiger partial charge is 0.439 e. The zero-order valence-electron chi connectivity index (χ0n) is 18.6. The smallest absolute Gasteiger partial charge is 0.219 e. The van der Waals surface area contributed by atoms with Gasteiger partial charge < -0.3 is 24.4 Å². The number of guanidine groups is 1. The Kier molecular flexibility index (Phi) is 11.7. The van der Waals surface area contributed by atoms with E-state index in [1.807, 2.05) is 6.07 Å². The van der Waals surface area contributed by atoms with Gasteiger partial charge in [-0.3, -0.25) is 4.99 Å². The van der Waals surface area contributed by atoms with Crippen LogP contribution >= 0.6 is 24.0 Å². The molecule has 0 aliphatic carbocycles. The minimum absolute atomic E-state index is 0. The highest BCUT2D eigenvalue weighted by Gasteiger charge is 2.21. The number of benzene rings is 1. The van der Waals surface area contributed by atoms with Crippen LogP contribution in [0.1, 0.15) is 24.8 Å². The van der Waals surface area contributed by atoms with Crippen molar-refractivity contribution in [1.82, 2.24) is 15.2 Å². The third-order valence-corrected chi connectivity index (χ3v) is 5.07. The summed E-state index contributed by atoms with van der Waals surface area (Å²) in [5.41, 5.74) is 1.00. The monoisotopic (exact) mass is 558 g/mol. The van der Waals surface area contributed by atoms with Gasteiger partial charge in [0.25, 0.3) is 0 Å². The van der Waals surface area contributed by atoms with Gasteiger partial charge in [0.15, 0.2) is 5.96 Å². The highest BCUT2D eigenvalue weighted by Crippen LogP contribution is 2.20. The van der Waals surface area contributed by atoms with E-state index in [0.717, 1.165) is 57.1 Å². The first-order valence-electron chi connectivity index (χ1n) is 10.6. The molecule has 7 nitrogen and oxygen atoms in total. The summed E-state index contributed by atoms with van der Waals surface area (Å²) in [6.07, 6.45) is 4.96. The second-order valence-corrected chi connectivity index (χ2v) is 7.37. The highest BCUT2D eigenvalue weighted by atomic mass is 127. The third kappa shape index (κ3) is 8.51. The van der Waals surface area contributed by atoms with E-state index in [4.69, 9.17) is 14.2 Å². The average molecular weight is 558 g/mol. The lowest BCUT2D eigenvalue weighted by molar-refractivity contribution is 0.00989. The van der Waals surface area contributed by atoms with E-state index >= 15 is 0 Å². The van der Waals surface area contributed by atoms with Crippen molar-refractivity contribution in [3.8, 4) is 11.6 Å². The Labute approximate surface area is 206 Å². The molecule has 1 aromatic carbocycles. The minimum atomic E-state index is -0.341. The van der Waals surface area contributed by atoms with Crippen LogP contribution in [-0.4, -0.2) is 62.4 Å². The summed E-state index contributed by atoms with van der Waals surface area (Å²) in [7, 11) is 3.51. The molecule has 176 valence electrons. The molecule has 3 rings (SSSR count). The molecule has 1 aliphatic rings. The summed E-state index contributed by atoms with van der Waals surface area (Å²) >= 11 is 0. The normalized spacial score (nSPS) is 14.7. The number of piperidine rings is 1. The molecule has 9 heteroatoms. The van der Waals surface area contributed by atoms with Gasteiger partial charge in [-0.05, 0) is 37.0 Å². The quantitative estimate of drug-likeness (QED) is 0.215. The molecule has 0 saturated carbocycles. The van der Waals surface area contributed by atoms with Crippen LogP contribution in [0.5, 0.6) is 11.6 Å². The van der Waals surface area contributed by atoms with E-state index in [9.17, 15) is 4.39 Å². The van der Waals surface area contributed by atoms with Crippen molar-refractivity contribution in [3.63, 3.8) is 0 Å². The summed E-state index contributed by atoms with van der Waals surface area (Å²) in [6, 6.07) is 9.71. The van der Waals surface area contributed by atoms with Gasteiger partial charge in [0.1, 0.15) is 11.6 Å². The molecular weight excluding hydrogens is 526 g/mol. The maximum Gasteiger partial charge on any atom is 0.219 e. The van der Waals surface area contributed by atoms with E-state index in [-0.39, 0.29) is 29.8 Å². The van der Waals surface area contributed by atoms with Crippen LogP contribution in [0.4, 0.5) is 4.39 Å². The number of aliphatic imine (C=N–C) groups is 1. The summed E-state index contributed by atoms with van der Waals surface area (Å²) < 4.78 is 29.8. The summed E-state index contributed by atoms with van der Waals surface area (Å²) in [5.74, 6) is 1.38. The predicted molar refractivity (Wildman–Crippen MR) is 133 cm³/mol. The maximum absolute atomic E-state index is 13.3. The zero-order valence-corrected chi connectivity index (χ0v) is 21.0. The van der Waals surface area contributed by atoms with Gasteiger partial charge in [0.05, 0.1) is 6.10 Å². The number of pyridine rings is 1. The Morgan fingerprint density at radius 1 is 1.22 bits per heavy atom. The standard InChI is InChI=1S/C23H31FN4O3.HI/c1-25-23(28-11-9-20(10-12-28)30-14-4-13-29-2)27-17-18-7-8-22(26-16-18)31-21-6-3-5-19(24)15-21;/h3,5-8,15-16,20H,4,9-14,17H2,1-2H3,(H,25,27);1H. The molecule has 0 spiro atoms. The van der Waals surface area contributed by atoms with Crippen LogP contribution in [0.3, 0.4) is 0 Å². The lowest BCUT2D eigenvalue weighted by atomic mass is 10.1. The van der Waals surface area contributed by atoms with E-state index in [1.54, 1.807) is 38.6 Å². The molecule has 1 N–H and O–H groups in total. The number of halogens is 2. The van der Waals surface area contributed by atoms with Crippen molar-refractivity contribution in [2.24, 2.45) is 4.99 Å². The van der Waals surface area contributed by atoms with E-state index in [1.165, 1.54) is 12.1 Å². The van der Waals surface area contributed by atoms with Gasteiger partial charge in [0.2, 0.25) is 5.88 Å². The SMILES string of the molecule is CN=C(NCc1ccc(Oc2cccc(F)c2)nc1)N1CCC(OCCCOC)CC1.I. The van der Waals surface area contributed by atoms with E-state index in [2.05, 4.69) is 20.2 Å². The number of nitrogens with zero attached hydrogens (tertiary/aromatic N) is 3. The second-order valence-electron chi connectivity index (χ2n) is 7.37. The predicted octanol–water partition coefficient (Wildman–Crippen LogP) is 4.22. The minimum Gasteiger partial charge on any atom is -0.439 e. The number of hydrogen-bond donors (Lipinski definition) is 1. The van der Waals surface area contributed by atoms with Gasteiger partial charge in [-0.25, -0.2) is 9.37 Å². The maximum atomic E-state index is 13.3. The van der Waals surface area contributed by atoms with Crippen molar-refractivity contribution < 1.29 is 18.6 Å². The topological polar surface area (TPSA) is 68.2 Å². The van der Waals surface area contributed by atoms with Gasteiger partial charge in [-0.1, -0.05) is 12.1 Å². The number of aromatic nitrogens is 1. The van der Waals surface area contributed by atoms with Crippen LogP contribution < -0.4 is 10.1 Å². The molecule has 0 amide bonds. The molecule has 1 saturated heterocycles. The molecule has 1 fully saturated rings. The molecule has 2 heterocycles. The fourth-order valence-corrected chi connectivity index (χ4v) is 3.43. The van der Waals surface area contributed by atoms with E-state index in [0.29, 0.717) is 24.3 Å². The molecule has 2 aromatic rings.